The summed E-state index contributed by atoms with van der Waals surface area (Å²) in [5, 5.41) is 0. The Morgan fingerprint density at radius 3 is 2.14 bits per heavy atom. The Balaban J connectivity index is 3.01. The smallest absolute Gasteiger partial charge is 0.124 e. The summed E-state index contributed by atoms with van der Waals surface area (Å²) in [5.41, 5.74) is 1.06. The van der Waals surface area contributed by atoms with Crippen LogP contribution in [-0.4, -0.2) is 13.0 Å². The highest BCUT2D eigenvalue weighted by atomic mass is 32.2. The van der Waals surface area contributed by atoms with Gasteiger partial charge in [-0.25, -0.2) is 8.42 Å². The molecule has 0 saturated heterocycles. The third kappa shape index (κ3) is 2.56. The Morgan fingerprint density at radius 1 is 1.29 bits per heavy atom. The van der Waals surface area contributed by atoms with Crippen LogP contribution in [-0.2, 0) is 10.1 Å². The maximum Gasteiger partial charge on any atom is 0.124 e. The maximum absolute atomic E-state index is 10.6. The molecule has 1 aromatic carbocycles. The van der Waals surface area contributed by atoms with Gasteiger partial charge >= 0.3 is 0 Å². The lowest BCUT2D eigenvalue weighted by molar-refractivity contribution is 0.463. The SMILES string of the molecule is CCC(C)c1ccc(S(=O)(=O)[O-])cc1. The van der Waals surface area contributed by atoms with Gasteiger partial charge in [0.25, 0.3) is 0 Å². The summed E-state index contributed by atoms with van der Waals surface area (Å²) in [6, 6.07) is 6.12. The van der Waals surface area contributed by atoms with Crippen LogP contribution in [0.15, 0.2) is 29.2 Å². The molecule has 0 saturated carbocycles. The molecule has 0 radical (unpaired) electrons. The van der Waals surface area contributed by atoms with E-state index in [9.17, 15) is 13.0 Å². The van der Waals surface area contributed by atoms with Crippen LogP contribution >= 0.6 is 0 Å². The second-order valence-electron chi connectivity index (χ2n) is 3.33. The molecule has 0 aliphatic heterocycles. The summed E-state index contributed by atoms with van der Waals surface area (Å²) >= 11 is 0. The van der Waals surface area contributed by atoms with E-state index >= 15 is 0 Å². The van der Waals surface area contributed by atoms with Crippen molar-refractivity contribution in [2.24, 2.45) is 0 Å². The summed E-state index contributed by atoms with van der Waals surface area (Å²) in [4.78, 5) is -0.162. The first-order valence-corrected chi connectivity index (χ1v) is 5.92. The van der Waals surface area contributed by atoms with Gasteiger partial charge in [0.15, 0.2) is 0 Å². The van der Waals surface area contributed by atoms with Gasteiger partial charge in [-0.15, -0.1) is 0 Å². The fraction of sp³-hybridized carbons (Fsp3) is 0.400. The average Bonchev–Trinajstić information content (AvgIpc) is 2.15. The second-order valence-corrected chi connectivity index (χ2v) is 4.71. The van der Waals surface area contributed by atoms with Crippen molar-refractivity contribution in [3.8, 4) is 0 Å². The van der Waals surface area contributed by atoms with E-state index in [1.807, 2.05) is 0 Å². The second kappa shape index (κ2) is 4.11. The number of benzene rings is 1. The standard InChI is InChI=1S/C10H14O3S/c1-3-8(2)9-4-6-10(7-5-9)14(11,12)13/h4-8H,3H2,1-2H3,(H,11,12,13)/p-1. The van der Waals surface area contributed by atoms with Crippen LogP contribution in [0.25, 0.3) is 0 Å². The van der Waals surface area contributed by atoms with Crippen molar-refractivity contribution >= 4 is 10.1 Å². The maximum atomic E-state index is 10.6. The molecular weight excluding hydrogens is 200 g/mol. The molecule has 0 N–H and O–H groups in total. The first-order valence-electron chi connectivity index (χ1n) is 4.51. The van der Waals surface area contributed by atoms with E-state index in [2.05, 4.69) is 13.8 Å². The van der Waals surface area contributed by atoms with Crippen molar-refractivity contribution in [2.45, 2.75) is 31.1 Å². The minimum Gasteiger partial charge on any atom is -0.744 e. The molecule has 0 aromatic heterocycles. The predicted octanol–water partition coefficient (Wildman–Crippen LogP) is 2.10. The third-order valence-electron chi connectivity index (χ3n) is 2.35. The summed E-state index contributed by atoms with van der Waals surface area (Å²) in [5.74, 6) is 0.387. The highest BCUT2D eigenvalue weighted by molar-refractivity contribution is 7.85. The van der Waals surface area contributed by atoms with Gasteiger partial charge in [0.05, 0.1) is 4.90 Å². The molecule has 1 aromatic rings. The molecule has 0 fully saturated rings. The fourth-order valence-electron chi connectivity index (χ4n) is 1.20. The Bertz CT molecular complexity index is 392. The zero-order valence-electron chi connectivity index (χ0n) is 8.23. The quantitative estimate of drug-likeness (QED) is 0.722. The third-order valence-corrected chi connectivity index (χ3v) is 3.20. The van der Waals surface area contributed by atoms with Crippen LogP contribution in [0.2, 0.25) is 0 Å². The fourth-order valence-corrected chi connectivity index (χ4v) is 1.67. The van der Waals surface area contributed by atoms with Gasteiger partial charge < -0.3 is 4.55 Å². The molecule has 0 heterocycles. The molecule has 0 spiro atoms. The van der Waals surface area contributed by atoms with Gasteiger partial charge in [-0.2, -0.15) is 0 Å². The zero-order valence-corrected chi connectivity index (χ0v) is 9.04. The van der Waals surface area contributed by atoms with Crippen molar-refractivity contribution in [3.63, 3.8) is 0 Å². The van der Waals surface area contributed by atoms with Crippen molar-refractivity contribution < 1.29 is 13.0 Å². The average molecular weight is 213 g/mol. The lowest BCUT2D eigenvalue weighted by atomic mass is 9.99. The highest BCUT2D eigenvalue weighted by Gasteiger charge is 2.04. The van der Waals surface area contributed by atoms with E-state index in [1.54, 1.807) is 12.1 Å². The molecule has 0 bridgehead atoms. The van der Waals surface area contributed by atoms with Gasteiger partial charge in [-0.3, -0.25) is 0 Å². The van der Waals surface area contributed by atoms with Crippen molar-refractivity contribution in [1.29, 1.82) is 0 Å². The first-order chi connectivity index (χ1) is 6.45. The molecule has 4 heteroatoms. The topological polar surface area (TPSA) is 57.2 Å². The van der Waals surface area contributed by atoms with E-state index in [0.29, 0.717) is 5.92 Å². The summed E-state index contributed by atoms with van der Waals surface area (Å²) in [6.45, 7) is 4.11. The van der Waals surface area contributed by atoms with E-state index in [1.165, 1.54) is 12.1 Å². The highest BCUT2D eigenvalue weighted by Crippen LogP contribution is 2.20. The van der Waals surface area contributed by atoms with Gasteiger partial charge in [0.1, 0.15) is 10.1 Å². The van der Waals surface area contributed by atoms with Crippen LogP contribution in [0.3, 0.4) is 0 Å². The van der Waals surface area contributed by atoms with E-state index in [-0.39, 0.29) is 4.90 Å². The number of hydrogen-bond donors (Lipinski definition) is 0. The molecule has 0 aliphatic carbocycles. The normalized spacial score (nSPS) is 13.9. The number of rotatable bonds is 3. The number of hydrogen-bond acceptors (Lipinski definition) is 3. The summed E-state index contributed by atoms with van der Waals surface area (Å²) in [7, 11) is -4.30. The molecule has 1 rings (SSSR count). The largest absolute Gasteiger partial charge is 0.744 e. The first kappa shape index (κ1) is 11.2. The van der Waals surface area contributed by atoms with Crippen molar-refractivity contribution in [3.05, 3.63) is 29.8 Å². The predicted molar refractivity (Wildman–Crippen MR) is 53.1 cm³/mol. The molecule has 0 aliphatic rings. The Hall–Kier alpha value is -0.870. The molecule has 0 amide bonds. The Labute approximate surface area is 84.5 Å². The van der Waals surface area contributed by atoms with E-state index in [0.717, 1.165) is 12.0 Å². The van der Waals surface area contributed by atoms with Gasteiger partial charge in [-0.1, -0.05) is 26.0 Å². The summed E-state index contributed by atoms with van der Waals surface area (Å²) in [6.07, 6.45) is 0.990. The lowest BCUT2D eigenvalue weighted by Gasteiger charge is -2.11. The lowest BCUT2D eigenvalue weighted by Crippen LogP contribution is -1.99. The summed E-state index contributed by atoms with van der Waals surface area (Å²) < 4.78 is 31.9. The van der Waals surface area contributed by atoms with Crippen LogP contribution in [0.5, 0.6) is 0 Å². The van der Waals surface area contributed by atoms with Gasteiger partial charge in [0, 0.05) is 0 Å². The van der Waals surface area contributed by atoms with Crippen LogP contribution in [0.1, 0.15) is 31.7 Å². The van der Waals surface area contributed by atoms with E-state index in [4.69, 9.17) is 0 Å². The van der Waals surface area contributed by atoms with Crippen molar-refractivity contribution in [1.82, 2.24) is 0 Å². The molecule has 1 atom stereocenters. The molecular formula is C10H13O3S-. The Kier molecular flexibility index (Phi) is 3.29. The van der Waals surface area contributed by atoms with Gasteiger partial charge in [-0.05, 0) is 30.0 Å². The zero-order chi connectivity index (χ0) is 10.8. The van der Waals surface area contributed by atoms with Crippen molar-refractivity contribution in [2.75, 3.05) is 0 Å². The Morgan fingerprint density at radius 2 is 1.79 bits per heavy atom. The van der Waals surface area contributed by atoms with Gasteiger partial charge in [0.2, 0.25) is 0 Å². The van der Waals surface area contributed by atoms with E-state index < -0.39 is 10.1 Å². The molecule has 78 valence electrons. The van der Waals surface area contributed by atoms with Crippen LogP contribution in [0, 0.1) is 0 Å². The molecule has 1 unspecified atom stereocenters. The minimum absolute atomic E-state index is 0.162. The monoisotopic (exact) mass is 213 g/mol. The van der Waals surface area contributed by atoms with Crippen LogP contribution < -0.4 is 0 Å². The minimum atomic E-state index is -4.30. The molecule has 14 heavy (non-hydrogen) atoms. The van der Waals surface area contributed by atoms with Crippen LogP contribution in [0.4, 0.5) is 0 Å². The molecule has 3 nitrogen and oxygen atoms in total.